The molecule has 0 aromatic heterocycles. The topological polar surface area (TPSA) is 81.8 Å². The Bertz CT molecular complexity index is 737. The number of hydrogen-bond donors (Lipinski definition) is 2. The third-order valence-electron chi connectivity index (χ3n) is 5.08. The van der Waals surface area contributed by atoms with Gasteiger partial charge in [-0.2, -0.15) is 0 Å². The van der Waals surface area contributed by atoms with Crippen molar-refractivity contribution in [2.75, 3.05) is 38.0 Å². The Balaban J connectivity index is 1.77. The number of carbonyl (C=O) groups is 3. The molecule has 8 heteroatoms. The van der Waals surface area contributed by atoms with Crippen LogP contribution >= 0.6 is 11.6 Å². The van der Waals surface area contributed by atoms with Gasteiger partial charge in [0.05, 0.1) is 0 Å². The lowest BCUT2D eigenvalue weighted by Crippen LogP contribution is -2.46. The SMILES string of the molecule is CC(C)C(=O)N1CCN(C(=O)Nc2ccc(Cl)cc2)CC2(CNC(=O)C2)C1. The molecule has 0 bridgehead atoms. The van der Waals surface area contributed by atoms with Crippen LogP contribution in [-0.4, -0.2) is 60.4 Å². The van der Waals surface area contributed by atoms with E-state index in [-0.39, 0.29) is 23.8 Å². The highest BCUT2D eigenvalue weighted by atomic mass is 35.5. The minimum absolute atomic E-state index is 0.0353. The predicted octanol–water partition coefficient (Wildman–Crippen LogP) is 2.18. The van der Waals surface area contributed by atoms with E-state index in [1.54, 1.807) is 34.1 Å². The molecule has 4 amide bonds. The fourth-order valence-corrected chi connectivity index (χ4v) is 3.82. The third kappa shape index (κ3) is 4.53. The summed E-state index contributed by atoms with van der Waals surface area (Å²) in [6.45, 7) is 5.99. The van der Waals surface area contributed by atoms with E-state index in [2.05, 4.69) is 10.6 Å². The zero-order chi connectivity index (χ0) is 19.6. The number of carbonyl (C=O) groups excluding carboxylic acids is 3. The molecule has 2 N–H and O–H groups in total. The zero-order valence-electron chi connectivity index (χ0n) is 15.6. The van der Waals surface area contributed by atoms with E-state index < -0.39 is 5.41 Å². The highest BCUT2D eigenvalue weighted by Crippen LogP contribution is 2.31. The van der Waals surface area contributed by atoms with Crippen LogP contribution in [-0.2, 0) is 9.59 Å². The zero-order valence-corrected chi connectivity index (χ0v) is 16.4. The van der Waals surface area contributed by atoms with E-state index in [1.165, 1.54) is 0 Å². The molecular formula is C19H25ClN4O3. The van der Waals surface area contributed by atoms with Crippen molar-refractivity contribution in [2.45, 2.75) is 20.3 Å². The van der Waals surface area contributed by atoms with Crippen molar-refractivity contribution >= 4 is 35.1 Å². The van der Waals surface area contributed by atoms with E-state index in [1.807, 2.05) is 13.8 Å². The summed E-state index contributed by atoms with van der Waals surface area (Å²) in [5, 5.41) is 6.33. The van der Waals surface area contributed by atoms with Gasteiger partial charge < -0.3 is 20.4 Å². The van der Waals surface area contributed by atoms with E-state index in [4.69, 9.17) is 11.6 Å². The number of nitrogens with zero attached hydrogens (tertiary/aromatic N) is 2. The summed E-state index contributed by atoms with van der Waals surface area (Å²) in [6, 6.07) is 6.66. The molecule has 1 aromatic carbocycles. The van der Waals surface area contributed by atoms with Crippen molar-refractivity contribution in [3.8, 4) is 0 Å². The first-order chi connectivity index (χ1) is 12.8. The fourth-order valence-electron chi connectivity index (χ4n) is 3.70. The van der Waals surface area contributed by atoms with Gasteiger partial charge in [-0.15, -0.1) is 0 Å². The quantitative estimate of drug-likeness (QED) is 0.809. The van der Waals surface area contributed by atoms with Crippen molar-refractivity contribution in [2.24, 2.45) is 11.3 Å². The first-order valence-electron chi connectivity index (χ1n) is 9.15. The van der Waals surface area contributed by atoms with Gasteiger partial charge in [0.25, 0.3) is 0 Å². The number of rotatable bonds is 2. The van der Waals surface area contributed by atoms with E-state index >= 15 is 0 Å². The number of nitrogens with one attached hydrogen (secondary N) is 2. The first kappa shape index (κ1) is 19.5. The monoisotopic (exact) mass is 392 g/mol. The average Bonchev–Trinajstić information content (AvgIpc) is 2.87. The third-order valence-corrected chi connectivity index (χ3v) is 5.33. The summed E-state index contributed by atoms with van der Waals surface area (Å²) in [7, 11) is 0. The molecular weight excluding hydrogens is 368 g/mol. The maximum Gasteiger partial charge on any atom is 0.321 e. The van der Waals surface area contributed by atoms with Crippen molar-refractivity contribution in [1.29, 1.82) is 0 Å². The van der Waals surface area contributed by atoms with Crippen molar-refractivity contribution in [1.82, 2.24) is 15.1 Å². The number of amides is 4. The summed E-state index contributed by atoms with van der Waals surface area (Å²) < 4.78 is 0. The molecule has 1 spiro atoms. The van der Waals surface area contributed by atoms with Crippen LogP contribution in [0.1, 0.15) is 20.3 Å². The highest BCUT2D eigenvalue weighted by molar-refractivity contribution is 6.30. The van der Waals surface area contributed by atoms with Gasteiger partial charge in [-0.3, -0.25) is 9.59 Å². The molecule has 146 valence electrons. The van der Waals surface area contributed by atoms with E-state index in [0.29, 0.717) is 49.9 Å². The van der Waals surface area contributed by atoms with Crippen molar-refractivity contribution in [3.05, 3.63) is 29.3 Å². The van der Waals surface area contributed by atoms with Crippen LogP contribution in [0, 0.1) is 11.3 Å². The number of hydrogen-bond acceptors (Lipinski definition) is 3. The molecule has 1 unspecified atom stereocenters. The van der Waals surface area contributed by atoms with Gasteiger partial charge >= 0.3 is 6.03 Å². The van der Waals surface area contributed by atoms with Crippen molar-refractivity contribution < 1.29 is 14.4 Å². The van der Waals surface area contributed by atoms with Gasteiger partial charge in [0, 0.05) is 61.2 Å². The van der Waals surface area contributed by atoms with Crippen LogP contribution in [0.4, 0.5) is 10.5 Å². The second kappa shape index (κ2) is 7.76. The van der Waals surface area contributed by atoms with Crippen molar-refractivity contribution in [3.63, 3.8) is 0 Å². The molecule has 27 heavy (non-hydrogen) atoms. The Labute approximate surface area is 164 Å². The maximum absolute atomic E-state index is 12.8. The molecule has 0 aliphatic carbocycles. The van der Waals surface area contributed by atoms with Crippen LogP contribution in [0.3, 0.4) is 0 Å². The Morgan fingerprint density at radius 3 is 2.37 bits per heavy atom. The number of urea groups is 1. The minimum atomic E-state index is -0.449. The number of anilines is 1. The normalized spacial score (nSPS) is 22.7. The first-order valence-corrected chi connectivity index (χ1v) is 9.53. The lowest BCUT2D eigenvalue weighted by molar-refractivity contribution is -0.135. The molecule has 2 saturated heterocycles. The van der Waals surface area contributed by atoms with E-state index in [9.17, 15) is 14.4 Å². The molecule has 2 aliphatic heterocycles. The van der Waals surface area contributed by atoms with Crippen LogP contribution in [0.5, 0.6) is 0 Å². The second-order valence-corrected chi connectivity index (χ2v) is 8.16. The van der Waals surface area contributed by atoms with Gasteiger partial charge in [-0.1, -0.05) is 25.4 Å². The Morgan fingerprint density at radius 1 is 1.15 bits per heavy atom. The second-order valence-electron chi connectivity index (χ2n) is 7.73. The smallest absolute Gasteiger partial charge is 0.321 e. The molecule has 7 nitrogen and oxygen atoms in total. The summed E-state index contributed by atoms with van der Waals surface area (Å²) >= 11 is 5.89. The number of benzene rings is 1. The van der Waals surface area contributed by atoms with E-state index in [0.717, 1.165) is 0 Å². The molecule has 1 atom stereocenters. The largest absolute Gasteiger partial charge is 0.355 e. The Morgan fingerprint density at radius 2 is 1.78 bits per heavy atom. The van der Waals surface area contributed by atoms with Gasteiger partial charge in [0.2, 0.25) is 11.8 Å². The molecule has 2 aliphatic rings. The summed E-state index contributed by atoms with van der Waals surface area (Å²) in [5.74, 6) is -0.109. The minimum Gasteiger partial charge on any atom is -0.355 e. The molecule has 3 rings (SSSR count). The lowest BCUT2D eigenvalue weighted by Gasteiger charge is -2.33. The van der Waals surface area contributed by atoms with Gasteiger partial charge in [-0.25, -0.2) is 4.79 Å². The molecule has 0 radical (unpaired) electrons. The predicted molar refractivity (Wildman–Crippen MR) is 104 cm³/mol. The van der Waals surface area contributed by atoms with Gasteiger partial charge in [0.15, 0.2) is 0 Å². The summed E-state index contributed by atoms with van der Waals surface area (Å²) in [5.41, 5.74) is 0.202. The van der Waals surface area contributed by atoms with Crippen LogP contribution in [0.25, 0.3) is 0 Å². The van der Waals surface area contributed by atoms with Crippen LogP contribution < -0.4 is 10.6 Å². The summed E-state index contributed by atoms with van der Waals surface area (Å²) in [4.78, 5) is 40.8. The lowest BCUT2D eigenvalue weighted by atomic mass is 9.86. The molecule has 1 aromatic rings. The molecule has 2 fully saturated rings. The van der Waals surface area contributed by atoms with Crippen LogP contribution in [0.15, 0.2) is 24.3 Å². The Kier molecular flexibility index (Phi) is 5.60. The summed E-state index contributed by atoms with van der Waals surface area (Å²) in [6.07, 6.45) is 0.319. The Hall–Kier alpha value is -2.28. The molecule has 0 saturated carbocycles. The molecule has 2 heterocycles. The number of halogens is 1. The standard InChI is InChI=1S/C19H25ClN4O3/c1-13(2)17(26)23-7-8-24(12-19(11-23)9-16(25)21-10-19)18(27)22-15-5-3-14(20)4-6-15/h3-6,13H,7-12H2,1-2H3,(H,21,25)(H,22,27). The fraction of sp³-hybridized carbons (Fsp3) is 0.526. The van der Waals surface area contributed by atoms with Gasteiger partial charge in [0.1, 0.15) is 0 Å². The maximum atomic E-state index is 12.8. The average molecular weight is 393 g/mol. The van der Waals surface area contributed by atoms with Crippen LogP contribution in [0.2, 0.25) is 5.02 Å². The van der Waals surface area contributed by atoms with Gasteiger partial charge in [-0.05, 0) is 24.3 Å². The highest BCUT2D eigenvalue weighted by Gasteiger charge is 2.45.